The summed E-state index contributed by atoms with van der Waals surface area (Å²) in [6.07, 6.45) is 2.48. The van der Waals surface area contributed by atoms with Gasteiger partial charge in [-0.25, -0.2) is 0 Å². The Balaban J connectivity index is 2.02. The first-order chi connectivity index (χ1) is 8.33. The lowest BCUT2D eigenvalue weighted by Gasteiger charge is -2.06. The summed E-state index contributed by atoms with van der Waals surface area (Å²) in [7, 11) is 1.66. The third kappa shape index (κ3) is 2.82. The quantitative estimate of drug-likeness (QED) is 0.837. The van der Waals surface area contributed by atoms with Gasteiger partial charge in [0.1, 0.15) is 18.7 Å². The predicted molar refractivity (Wildman–Crippen MR) is 62.6 cm³/mol. The van der Waals surface area contributed by atoms with Crippen LogP contribution in [0.15, 0.2) is 30.6 Å². The highest BCUT2D eigenvalue weighted by Crippen LogP contribution is 2.13. The number of nitrogens with zero attached hydrogens (tertiary/aromatic N) is 3. The van der Waals surface area contributed by atoms with Gasteiger partial charge < -0.3 is 14.4 Å². The average molecular weight is 233 g/mol. The molecule has 0 aliphatic heterocycles. The van der Waals surface area contributed by atoms with E-state index in [1.165, 1.54) is 5.56 Å². The number of ether oxygens (including phenoxy) is 1. The first-order valence-electron chi connectivity index (χ1n) is 5.44. The molecule has 5 nitrogen and oxygen atoms in total. The number of rotatable bonds is 5. The third-order valence-electron chi connectivity index (χ3n) is 2.61. The van der Waals surface area contributed by atoms with E-state index in [0.717, 1.165) is 18.7 Å². The van der Waals surface area contributed by atoms with E-state index >= 15 is 0 Å². The summed E-state index contributed by atoms with van der Waals surface area (Å²) in [5.74, 6) is 1.45. The average Bonchev–Trinajstić information content (AvgIpc) is 2.84. The Morgan fingerprint density at radius 3 is 3.06 bits per heavy atom. The van der Waals surface area contributed by atoms with Crippen molar-refractivity contribution in [2.24, 2.45) is 0 Å². The Morgan fingerprint density at radius 1 is 1.41 bits per heavy atom. The number of aryl methyl sites for hydroxylation is 2. The second-order valence-electron chi connectivity index (χ2n) is 3.70. The molecule has 0 aliphatic rings. The summed E-state index contributed by atoms with van der Waals surface area (Å²) in [6, 6.07) is 7.93. The van der Waals surface area contributed by atoms with Crippen LogP contribution in [0.25, 0.3) is 0 Å². The second kappa shape index (κ2) is 5.45. The van der Waals surface area contributed by atoms with Crippen molar-refractivity contribution in [3.05, 3.63) is 42.0 Å². The van der Waals surface area contributed by atoms with Crippen LogP contribution in [0.5, 0.6) is 5.75 Å². The van der Waals surface area contributed by atoms with Gasteiger partial charge in [0.2, 0.25) is 0 Å². The van der Waals surface area contributed by atoms with Gasteiger partial charge >= 0.3 is 0 Å². The van der Waals surface area contributed by atoms with Gasteiger partial charge in [-0.3, -0.25) is 0 Å². The van der Waals surface area contributed by atoms with E-state index in [-0.39, 0.29) is 6.61 Å². The van der Waals surface area contributed by atoms with Crippen LogP contribution in [0.1, 0.15) is 11.4 Å². The molecule has 0 spiro atoms. The third-order valence-corrected chi connectivity index (χ3v) is 2.61. The highest BCUT2D eigenvalue weighted by molar-refractivity contribution is 5.28. The highest BCUT2D eigenvalue weighted by atomic mass is 16.5. The number of aliphatic hydroxyl groups excluding tert-OH is 1. The molecule has 2 rings (SSSR count). The molecule has 2 aromatic rings. The van der Waals surface area contributed by atoms with Crippen molar-refractivity contribution in [3.63, 3.8) is 0 Å². The topological polar surface area (TPSA) is 60.2 Å². The number of hydrogen-bond donors (Lipinski definition) is 1. The fourth-order valence-corrected chi connectivity index (χ4v) is 1.67. The first-order valence-corrected chi connectivity index (χ1v) is 5.44. The number of aromatic nitrogens is 3. The molecular weight excluding hydrogens is 218 g/mol. The van der Waals surface area contributed by atoms with Crippen molar-refractivity contribution >= 4 is 0 Å². The van der Waals surface area contributed by atoms with Gasteiger partial charge in [-0.15, -0.1) is 10.2 Å². The SMILES string of the molecule is COc1cccc(CCn2cnnc2CO)c1. The monoisotopic (exact) mass is 233 g/mol. The largest absolute Gasteiger partial charge is 0.497 e. The minimum Gasteiger partial charge on any atom is -0.497 e. The molecule has 0 radical (unpaired) electrons. The molecule has 1 N–H and O–H groups in total. The second-order valence-corrected chi connectivity index (χ2v) is 3.70. The Kier molecular flexibility index (Phi) is 3.72. The van der Waals surface area contributed by atoms with Gasteiger partial charge in [-0.2, -0.15) is 0 Å². The maximum absolute atomic E-state index is 9.04. The Morgan fingerprint density at radius 2 is 2.29 bits per heavy atom. The molecule has 5 heteroatoms. The van der Waals surface area contributed by atoms with E-state index < -0.39 is 0 Å². The number of methoxy groups -OCH3 is 1. The summed E-state index contributed by atoms with van der Waals surface area (Å²) in [6.45, 7) is 0.661. The number of aliphatic hydroxyl groups is 1. The van der Waals surface area contributed by atoms with Crippen molar-refractivity contribution in [2.75, 3.05) is 7.11 Å². The van der Waals surface area contributed by atoms with Gasteiger partial charge in [0.05, 0.1) is 7.11 Å². The van der Waals surface area contributed by atoms with Gasteiger partial charge in [-0.05, 0) is 24.1 Å². The molecule has 1 heterocycles. The Bertz CT molecular complexity index is 482. The maximum Gasteiger partial charge on any atom is 0.158 e. The van der Waals surface area contributed by atoms with Crippen molar-refractivity contribution in [3.8, 4) is 5.75 Å². The van der Waals surface area contributed by atoms with Gasteiger partial charge in [0.15, 0.2) is 5.82 Å². The molecule has 0 bridgehead atoms. The molecule has 0 aliphatic carbocycles. The summed E-state index contributed by atoms with van der Waals surface area (Å²) >= 11 is 0. The first kappa shape index (κ1) is 11.6. The Hall–Kier alpha value is -1.88. The van der Waals surface area contributed by atoms with E-state index in [4.69, 9.17) is 9.84 Å². The molecule has 0 atom stereocenters. The smallest absolute Gasteiger partial charge is 0.158 e. The molecule has 17 heavy (non-hydrogen) atoms. The zero-order chi connectivity index (χ0) is 12.1. The van der Waals surface area contributed by atoms with Crippen LogP contribution in [0, 0.1) is 0 Å². The molecule has 0 saturated carbocycles. The number of benzene rings is 1. The normalized spacial score (nSPS) is 10.5. The number of hydrogen-bond acceptors (Lipinski definition) is 4. The Labute approximate surface area is 99.7 Å². The maximum atomic E-state index is 9.04. The zero-order valence-corrected chi connectivity index (χ0v) is 9.71. The van der Waals surface area contributed by atoms with E-state index in [9.17, 15) is 0 Å². The van der Waals surface area contributed by atoms with Crippen LogP contribution in [-0.2, 0) is 19.6 Å². The minimum absolute atomic E-state index is 0.0852. The van der Waals surface area contributed by atoms with E-state index in [1.807, 2.05) is 28.8 Å². The van der Waals surface area contributed by atoms with E-state index in [0.29, 0.717) is 5.82 Å². The molecule has 0 amide bonds. The van der Waals surface area contributed by atoms with Crippen LogP contribution in [0.4, 0.5) is 0 Å². The fraction of sp³-hybridized carbons (Fsp3) is 0.333. The summed E-state index contributed by atoms with van der Waals surface area (Å²) in [5, 5.41) is 16.6. The van der Waals surface area contributed by atoms with Gasteiger partial charge in [0, 0.05) is 6.54 Å². The van der Waals surface area contributed by atoms with Crippen LogP contribution in [0.3, 0.4) is 0 Å². The molecule has 0 unspecified atom stereocenters. The lowest BCUT2D eigenvalue weighted by molar-refractivity contribution is 0.264. The molecule has 0 saturated heterocycles. The predicted octanol–water partition coefficient (Wildman–Crippen LogP) is 1.02. The van der Waals surface area contributed by atoms with Crippen LogP contribution < -0.4 is 4.74 Å². The molecule has 1 aromatic heterocycles. The van der Waals surface area contributed by atoms with Crippen molar-refractivity contribution in [2.45, 2.75) is 19.6 Å². The highest BCUT2D eigenvalue weighted by Gasteiger charge is 2.03. The van der Waals surface area contributed by atoms with Gasteiger partial charge in [0.25, 0.3) is 0 Å². The van der Waals surface area contributed by atoms with Crippen LogP contribution in [-0.4, -0.2) is 27.0 Å². The summed E-state index contributed by atoms with van der Waals surface area (Å²) < 4.78 is 7.01. The minimum atomic E-state index is -0.0852. The molecule has 90 valence electrons. The van der Waals surface area contributed by atoms with Gasteiger partial charge in [-0.1, -0.05) is 12.1 Å². The van der Waals surface area contributed by atoms with Crippen molar-refractivity contribution in [1.29, 1.82) is 0 Å². The van der Waals surface area contributed by atoms with Crippen molar-refractivity contribution < 1.29 is 9.84 Å². The van der Waals surface area contributed by atoms with Crippen LogP contribution in [0.2, 0.25) is 0 Å². The summed E-state index contributed by atoms with van der Waals surface area (Å²) in [5.41, 5.74) is 1.18. The molecule has 1 aromatic carbocycles. The van der Waals surface area contributed by atoms with Crippen LogP contribution >= 0.6 is 0 Å². The lowest BCUT2D eigenvalue weighted by Crippen LogP contribution is -2.05. The van der Waals surface area contributed by atoms with E-state index in [2.05, 4.69) is 10.2 Å². The molecular formula is C12H15N3O2. The lowest BCUT2D eigenvalue weighted by atomic mass is 10.1. The zero-order valence-electron chi connectivity index (χ0n) is 9.71. The summed E-state index contributed by atoms with van der Waals surface area (Å²) in [4.78, 5) is 0. The fourth-order valence-electron chi connectivity index (χ4n) is 1.67. The van der Waals surface area contributed by atoms with E-state index in [1.54, 1.807) is 13.4 Å². The standard InChI is InChI=1S/C12H15N3O2/c1-17-11-4-2-3-10(7-11)5-6-15-9-13-14-12(15)8-16/h2-4,7,9,16H,5-6,8H2,1H3. The molecule has 0 fully saturated rings. The van der Waals surface area contributed by atoms with Crippen molar-refractivity contribution in [1.82, 2.24) is 14.8 Å².